The summed E-state index contributed by atoms with van der Waals surface area (Å²) in [5, 5.41) is 8.11. The molecule has 0 bridgehead atoms. The molecule has 0 radical (unpaired) electrons. The summed E-state index contributed by atoms with van der Waals surface area (Å²) in [6, 6.07) is 14.7. The molecule has 2 aromatic heterocycles. The van der Waals surface area contributed by atoms with Crippen LogP contribution in [0.25, 0.3) is 22.3 Å². The minimum Gasteiger partial charge on any atom is -0.322 e. The van der Waals surface area contributed by atoms with E-state index in [1.165, 1.54) is 12.1 Å². The van der Waals surface area contributed by atoms with Gasteiger partial charge in [-0.3, -0.25) is 4.79 Å². The number of pyridine rings is 1. The summed E-state index contributed by atoms with van der Waals surface area (Å²) in [5.41, 5.74) is 4.18. The van der Waals surface area contributed by atoms with Gasteiger partial charge >= 0.3 is 0 Å². The number of amides is 1. The Balaban J connectivity index is 1.68. The topological polar surface area (TPSA) is 93.9 Å². The van der Waals surface area contributed by atoms with E-state index >= 15 is 0 Å². The van der Waals surface area contributed by atoms with Gasteiger partial charge in [0.2, 0.25) is 0 Å². The number of fused-ring (bicyclic) bond motifs is 1. The molecular formula is C25H23FN4O3S. The van der Waals surface area contributed by atoms with E-state index in [-0.39, 0.29) is 29.3 Å². The van der Waals surface area contributed by atoms with E-state index < -0.39 is 9.84 Å². The molecule has 3 heterocycles. The Morgan fingerprint density at radius 1 is 1.12 bits per heavy atom. The Morgan fingerprint density at radius 3 is 2.56 bits per heavy atom. The van der Waals surface area contributed by atoms with Crippen LogP contribution in [0.15, 0.2) is 54.6 Å². The predicted octanol–water partition coefficient (Wildman–Crippen LogP) is 4.47. The van der Waals surface area contributed by atoms with Gasteiger partial charge in [-0.1, -0.05) is 12.1 Å². The number of aromatic nitrogens is 3. The van der Waals surface area contributed by atoms with Gasteiger partial charge in [0.05, 0.1) is 39.9 Å². The number of halogens is 1. The number of rotatable bonds is 4. The molecule has 1 fully saturated rings. The molecule has 34 heavy (non-hydrogen) atoms. The lowest BCUT2D eigenvalue weighted by Gasteiger charge is -2.12. The summed E-state index contributed by atoms with van der Waals surface area (Å²) in [6.07, 6.45) is 0.436. The van der Waals surface area contributed by atoms with Crippen LogP contribution in [0.2, 0.25) is 0 Å². The van der Waals surface area contributed by atoms with Gasteiger partial charge in [0.1, 0.15) is 5.82 Å². The molecule has 7 nitrogen and oxygen atoms in total. The second-order valence-electron chi connectivity index (χ2n) is 8.67. The van der Waals surface area contributed by atoms with Crippen molar-refractivity contribution in [3.63, 3.8) is 0 Å². The van der Waals surface area contributed by atoms with Crippen molar-refractivity contribution in [1.29, 1.82) is 0 Å². The number of carbonyl (C=O) groups excluding carboxylic acids is 1. The Bertz CT molecular complexity index is 1530. The van der Waals surface area contributed by atoms with Crippen LogP contribution in [0.4, 0.5) is 10.1 Å². The molecule has 1 saturated heterocycles. The molecule has 9 heteroatoms. The third-order valence-corrected chi connectivity index (χ3v) is 7.80. The minimum atomic E-state index is -3.15. The van der Waals surface area contributed by atoms with E-state index in [1.807, 2.05) is 31.2 Å². The van der Waals surface area contributed by atoms with Crippen molar-refractivity contribution in [2.75, 3.05) is 16.8 Å². The normalized spacial score (nSPS) is 17.2. The highest BCUT2D eigenvalue weighted by Crippen LogP contribution is 2.32. The van der Waals surface area contributed by atoms with Gasteiger partial charge < -0.3 is 5.32 Å². The first kappa shape index (κ1) is 22.2. The van der Waals surface area contributed by atoms with Gasteiger partial charge in [-0.05, 0) is 68.3 Å². The van der Waals surface area contributed by atoms with Crippen LogP contribution in [0.1, 0.15) is 34.1 Å². The van der Waals surface area contributed by atoms with Crippen molar-refractivity contribution >= 4 is 32.5 Å². The van der Waals surface area contributed by atoms with Crippen molar-refractivity contribution in [3.8, 4) is 11.3 Å². The lowest BCUT2D eigenvalue weighted by Crippen LogP contribution is -2.15. The summed E-state index contributed by atoms with van der Waals surface area (Å²) < 4.78 is 39.4. The van der Waals surface area contributed by atoms with E-state index in [0.29, 0.717) is 45.7 Å². The van der Waals surface area contributed by atoms with Gasteiger partial charge in [-0.25, -0.2) is 22.5 Å². The van der Waals surface area contributed by atoms with Crippen LogP contribution in [-0.4, -0.2) is 40.6 Å². The average molecular weight is 479 g/mol. The molecule has 5 rings (SSSR count). The average Bonchev–Trinajstić information content (AvgIpc) is 3.32. The van der Waals surface area contributed by atoms with E-state index in [0.717, 1.165) is 5.56 Å². The lowest BCUT2D eigenvalue weighted by atomic mass is 10.0. The second-order valence-corrected chi connectivity index (χ2v) is 10.9. The highest BCUT2D eigenvalue weighted by molar-refractivity contribution is 7.91. The van der Waals surface area contributed by atoms with Gasteiger partial charge in [-0.15, -0.1) is 0 Å². The molecule has 174 valence electrons. The van der Waals surface area contributed by atoms with Crippen molar-refractivity contribution in [1.82, 2.24) is 14.8 Å². The zero-order chi connectivity index (χ0) is 24.0. The number of anilines is 1. The number of hydrogen-bond acceptors (Lipinski definition) is 5. The first-order valence-corrected chi connectivity index (χ1v) is 12.8. The number of benzene rings is 2. The van der Waals surface area contributed by atoms with E-state index in [1.54, 1.807) is 29.8 Å². The Labute approximate surface area is 196 Å². The van der Waals surface area contributed by atoms with Gasteiger partial charge in [0.25, 0.3) is 5.91 Å². The monoisotopic (exact) mass is 478 g/mol. The molecule has 1 atom stereocenters. The Kier molecular flexibility index (Phi) is 5.44. The van der Waals surface area contributed by atoms with Crippen molar-refractivity contribution in [3.05, 3.63) is 77.2 Å². The standard InChI is InChI=1S/C25H23FN4O3S/c1-15-4-3-5-19(12-15)27-25(31)21-13-22(17-6-8-18(26)9-7-17)28-24-23(21)16(2)29-30(24)20-10-11-34(32,33)14-20/h3-9,12-13,20H,10-11,14H2,1-2H3,(H,27,31). The van der Waals surface area contributed by atoms with Crippen LogP contribution in [-0.2, 0) is 9.84 Å². The number of carbonyl (C=O) groups is 1. The third kappa shape index (κ3) is 4.19. The van der Waals surface area contributed by atoms with Crippen LogP contribution in [0.5, 0.6) is 0 Å². The summed E-state index contributed by atoms with van der Waals surface area (Å²) in [6.45, 7) is 3.72. The second kappa shape index (κ2) is 8.32. The van der Waals surface area contributed by atoms with Crippen LogP contribution in [0, 0.1) is 19.7 Å². The lowest BCUT2D eigenvalue weighted by molar-refractivity contribution is 0.102. The first-order chi connectivity index (χ1) is 16.2. The smallest absolute Gasteiger partial charge is 0.256 e. The summed E-state index contributed by atoms with van der Waals surface area (Å²) in [7, 11) is -3.15. The molecular weight excluding hydrogens is 455 g/mol. The fraction of sp³-hybridized carbons (Fsp3) is 0.240. The van der Waals surface area contributed by atoms with Gasteiger partial charge in [-0.2, -0.15) is 5.10 Å². The molecule has 1 N–H and O–H groups in total. The maximum atomic E-state index is 13.5. The van der Waals surface area contributed by atoms with Gasteiger partial charge in [0.15, 0.2) is 15.5 Å². The molecule has 0 saturated carbocycles. The van der Waals surface area contributed by atoms with Crippen molar-refractivity contribution in [2.45, 2.75) is 26.3 Å². The van der Waals surface area contributed by atoms with Crippen LogP contribution in [0.3, 0.4) is 0 Å². The number of nitrogens with zero attached hydrogens (tertiary/aromatic N) is 3. The number of aryl methyl sites for hydroxylation is 2. The Morgan fingerprint density at radius 2 is 1.88 bits per heavy atom. The first-order valence-electron chi connectivity index (χ1n) is 10.9. The number of sulfone groups is 1. The van der Waals surface area contributed by atoms with Gasteiger partial charge in [0, 0.05) is 11.3 Å². The fourth-order valence-electron chi connectivity index (χ4n) is 4.40. The number of nitrogens with one attached hydrogen (secondary N) is 1. The SMILES string of the molecule is Cc1cccc(NC(=O)c2cc(-c3ccc(F)cc3)nc3c2c(C)nn3C2CCS(=O)(=O)C2)c1. The molecule has 1 aliphatic rings. The minimum absolute atomic E-state index is 0.0174. The molecule has 1 unspecified atom stereocenters. The molecule has 0 aliphatic carbocycles. The maximum Gasteiger partial charge on any atom is 0.256 e. The number of hydrogen-bond donors (Lipinski definition) is 1. The van der Waals surface area contributed by atoms with E-state index in [2.05, 4.69) is 10.4 Å². The van der Waals surface area contributed by atoms with Crippen LogP contribution < -0.4 is 5.32 Å². The fourth-order valence-corrected chi connectivity index (χ4v) is 6.10. The zero-order valence-corrected chi connectivity index (χ0v) is 19.6. The van der Waals surface area contributed by atoms with E-state index in [4.69, 9.17) is 4.98 Å². The van der Waals surface area contributed by atoms with E-state index in [9.17, 15) is 17.6 Å². The third-order valence-electron chi connectivity index (χ3n) is 6.05. The summed E-state index contributed by atoms with van der Waals surface area (Å²) >= 11 is 0. The largest absolute Gasteiger partial charge is 0.322 e. The van der Waals surface area contributed by atoms with Crippen molar-refractivity contribution in [2.24, 2.45) is 0 Å². The highest BCUT2D eigenvalue weighted by atomic mass is 32.2. The van der Waals surface area contributed by atoms with Crippen LogP contribution >= 0.6 is 0 Å². The zero-order valence-electron chi connectivity index (χ0n) is 18.7. The predicted molar refractivity (Wildman–Crippen MR) is 129 cm³/mol. The quantitative estimate of drug-likeness (QED) is 0.467. The molecule has 1 amide bonds. The molecule has 0 spiro atoms. The highest BCUT2D eigenvalue weighted by Gasteiger charge is 2.32. The molecule has 4 aromatic rings. The molecule has 2 aromatic carbocycles. The summed E-state index contributed by atoms with van der Waals surface area (Å²) in [4.78, 5) is 18.2. The van der Waals surface area contributed by atoms with Crippen molar-refractivity contribution < 1.29 is 17.6 Å². The molecule has 1 aliphatic heterocycles. The maximum absolute atomic E-state index is 13.5. The Hall–Kier alpha value is -3.59. The summed E-state index contributed by atoms with van der Waals surface area (Å²) in [5.74, 6) is -0.630.